The molecule has 3 amide bonds. The molecule has 260 valence electrons. The number of anilines is 2. The number of aliphatic hydroxyl groups is 3. The van der Waals surface area contributed by atoms with Crippen LogP contribution in [0.5, 0.6) is 5.75 Å². The van der Waals surface area contributed by atoms with Gasteiger partial charge in [0.2, 0.25) is 5.78 Å². The topological polar surface area (TPSA) is 229 Å². The number of amides is 3. The Kier molecular flexibility index (Phi) is 8.40. The van der Waals surface area contributed by atoms with Crippen LogP contribution in [0.15, 0.2) is 71.5 Å². The Morgan fingerprint density at radius 3 is 2.28 bits per heavy atom. The molecule has 8 N–H and O–H groups in total. The number of fused-ring (bicyclic) bond motifs is 4. The lowest BCUT2D eigenvalue weighted by atomic mass is 9.54. The largest absolute Gasteiger partial charge is 0.508 e. The van der Waals surface area contributed by atoms with Gasteiger partial charge in [-0.25, -0.2) is 4.79 Å². The van der Waals surface area contributed by atoms with Crippen LogP contribution in [0.1, 0.15) is 37.3 Å². The molecule has 1 fully saturated rings. The predicted molar refractivity (Wildman–Crippen MR) is 181 cm³/mol. The highest BCUT2D eigenvalue weighted by molar-refractivity contribution is 6.24. The van der Waals surface area contributed by atoms with Crippen molar-refractivity contribution in [3.05, 3.63) is 82.6 Å². The Morgan fingerprint density at radius 2 is 1.62 bits per heavy atom. The fourth-order valence-corrected chi connectivity index (χ4v) is 7.68. The predicted octanol–water partition coefficient (Wildman–Crippen LogP) is 3.25. The molecule has 0 spiro atoms. The number of hydrogen-bond donors (Lipinski definition) is 7. The van der Waals surface area contributed by atoms with E-state index in [0.29, 0.717) is 11.3 Å². The van der Waals surface area contributed by atoms with Gasteiger partial charge in [-0.3, -0.25) is 24.1 Å². The highest BCUT2D eigenvalue weighted by Gasteiger charge is 2.69. The highest BCUT2D eigenvalue weighted by Crippen LogP contribution is 2.57. The van der Waals surface area contributed by atoms with Crippen molar-refractivity contribution in [3.8, 4) is 5.75 Å². The van der Waals surface area contributed by atoms with Crippen molar-refractivity contribution in [2.45, 2.75) is 43.9 Å². The van der Waals surface area contributed by atoms with Crippen LogP contribution in [0.2, 0.25) is 0 Å². The van der Waals surface area contributed by atoms with Crippen molar-refractivity contribution in [1.29, 1.82) is 0 Å². The minimum Gasteiger partial charge on any atom is -0.508 e. The highest BCUT2D eigenvalue weighted by atomic mass is 16.5. The van der Waals surface area contributed by atoms with Gasteiger partial charge in [-0.05, 0) is 43.1 Å². The first kappa shape index (κ1) is 34.1. The Morgan fingerprint density at radius 1 is 0.960 bits per heavy atom. The monoisotopic (exact) mass is 684 g/mol. The molecule has 0 radical (unpaired) electrons. The molecular formula is C36H36N4O10. The number of phenolic OH excluding ortho intramolecular Hbond substituents is 1. The number of nitrogens with two attached hydrogens (primary N) is 1. The van der Waals surface area contributed by atoms with Gasteiger partial charge in [0, 0.05) is 23.3 Å². The van der Waals surface area contributed by atoms with E-state index in [2.05, 4.69) is 10.6 Å². The van der Waals surface area contributed by atoms with E-state index in [4.69, 9.17) is 10.5 Å². The molecule has 3 aliphatic carbocycles. The van der Waals surface area contributed by atoms with E-state index < -0.39 is 93.4 Å². The SMILES string of the molecule is CCC(=O)OC1C2C(=C(O)c3c(ccc(NC(=O)Nc4cccc5ccccc45)c3O)C2C)C(=O)C2(O)C(O)=C(C(N)=O)C(=O)C(N(C)C)C12. The molecule has 0 aromatic heterocycles. The molecule has 3 aromatic rings. The van der Waals surface area contributed by atoms with Gasteiger partial charge in [0.25, 0.3) is 5.91 Å². The molecule has 0 heterocycles. The van der Waals surface area contributed by atoms with Gasteiger partial charge in [-0.2, -0.15) is 0 Å². The fraction of sp³-hybridized carbons (Fsp3) is 0.306. The van der Waals surface area contributed by atoms with Crippen molar-refractivity contribution in [2.24, 2.45) is 17.6 Å². The van der Waals surface area contributed by atoms with Gasteiger partial charge >= 0.3 is 12.0 Å². The number of primary amides is 1. The second-order valence-electron chi connectivity index (χ2n) is 12.9. The lowest BCUT2D eigenvalue weighted by Gasteiger charge is -2.54. The molecule has 6 rings (SSSR count). The molecule has 6 unspecified atom stereocenters. The molecule has 50 heavy (non-hydrogen) atoms. The van der Waals surface area contributed by atoms with E-state index in [0.717, 1.165) is 10.8 Å². The molecule has 3 aliphatic rings. The number of aliphatic hydroxyl groups excluding tert-OH is 2. The van der Waals surface area contributed by atoms with Crippen LogP contribution in [0, 0.1) is 11.8 Å². The minimum absolute atomic E-state index is 0.135. The van der Waals surface area contributed by atoms with Gasteiger partial charge in [-0.15, -0.1) is 0 Å². The number of urea groups is 1. The van der Waals surface area contributed by atoms with Crippen LogP contribution >= 0.6 is 0 Å². The molecule has 14 heteroatoms. The number of ketones is 2. The number of phenols is 1. The second-order valence-corrected chi connectivity index (χ2v) is 12.9. The van der Waals surface area contributed by atoms with E-state index in [1.807, 2.05) is 30.3 Å². The van der Waals surface area contributed by atoms with E-state index in [9.17, 15) is 44.4 Å². The van der Waals surface area contributed by atoms with Crippen LogP contribution in [-0.4, -0.2) is 86.6 Å². The summed E-state index contributed by atoms with van der Waals surface area (Å²) in [7, 11) is 2.89. The average molecular weight is 685 g/mol. The van der Waals surface area contributed by atoms with Crippen molar-refractivity contribution >= 4 is 57.4 Å². The molecule has 6 atom stereocenters. The van der Waals surface area contributed by atoms with Crippen molar-refractivity contribution in [3.63, 3.8) is 0 Å². The zero-order valence-corrected chi connectivity index (χ0v) is 27.6. The third kappa shape index (κ3) is 4.98. The first-order valence-corrected chi connectivity index (χ1v) is 15.9. The van der Waals surface area contributed by atoms with Gasteiger partial charge in [-0.1, -0.05) is 56.3 Å². The number of aromatic hydroxyl groups is 1. The smallest absolute Gasteiger partial charge is 0.323 e. The zero-order valence-electron chi connectivity index (χ0n) is 27.6. The third-order valence-electron chi connectivity index (χ3n) is 9.94. The molecular weight excluding hydrogens is 648 g/mol. The maximum absolute atomic E-state index is 14.5. The Labute approximate surface area is 285 Å². The summed E-state index contributed by atoms with van der Waals surface area (Å²) in [4.78, 5) is 67.8. The normalized spacial score (nSPS) is 25.9. The molecule has 3 aromatic carbocycles. The van der Waals surface area contributed by atoms with E-state index in [-0.39, 0.29) is 17.7 Å². The van der Waals surface area contributed by atoms with Gasteiger partial charge < -0.3 is 41.5 Å². The standard InChI is InChI=1S/C36H36N4O10/c1-5-21(41)50-31-22-15(2)17-13-14-20(39-35(48)38-19-12-8-10-16-9-6-7-11-18(16)19)28(42)23(17)29(43)24(22)32(45)36(49)26(31)27(40(3)4)30(44)25(33(36)46)34(37)47/h6-15,22,26-27,31,42-43,46,49H,5H2,1-4H3,(H2,37,47)(H2,38,39,48). The number of nitrogens with zero attached hydrogens (tertiary/aromatic N) is 1. The van der Waals surface area contributed by atoms with Crippen LogP contribution in [0.4, 0.5) is 16.2 Å². The first-order valence-electron chi connectivity index (χ1n) is 15.9. The number of benzene rings is 3. The average Bonchev–Trinajstić information content (AvgIpc) is 3.06. The Bertz CT molecular complexity index is 2070. The van der Waals surface area contributed by atoms with Crippen molar-refractivity contribution in [1.82, 2.24) is 4.90 Å². The van der Waals surface area contributed by atoms with E-state index in [1.165, 1.54) is 38.1 Å². The quantitative estimate of drug-likeness (QED) is 0.113. The molecule has 0 bridgehead atoms. The zero-order chi connectivity index (χ0) is 36.4. The summed E-state index contributed by atoms with van der Waals surface area (Å²) in [6, 6.07) is 13.5. The van der Waals surface area contributed by atoms with Crippen LogP contribution in [0.3, 0.4) is 0 Å². The maximum atomic E-state index is 14.5. The number of hydrogen-bond acceptors (Lipinski definition) is 11. The first-order chi connectivity index (χ1) is 23.6. The van der Waals surface area contributed by atoms with Crippen molar-refractivity contribution < 1.29 is 49.1 Å². The number of ether oxygens (including phenoxy) is 1. The number of Topliss-reactive ketones (excluding diaryl/α,β-unsaturated/α-hetero) is 2. The molecule has 0 saturated heterocycles. The summed E-state index contributed by atoms with van der Waals surface area (Å²) in [6.45, 7) is 3.15. The van der Waals surface area contributed by atoms with E-state index in [1.54, 1.807) is 19.1 Å². The number of nitrogens with one attached hydrogen (secondary N) is 2. The molecule has 1 saturated carbocycles. The van der Waals surface area contributed by atoms with Crippen LogP contribution in [0.25, 0.3) is 16.5 Å². The number of likely N-dealkylation sites (N-methyl/N-ethyl adjacent to an activating group) is 1. The Balaban J connectivity index is 1.48. The number of esters is 1. The van der Waals surface area contributed by atoms with Crippen LogP contribution in [-0.2, 0) is 23.9 Å². The summed E-state index contributed by atoms with van der Waals surface area (Å²) in [5, 5.41) is 53.7. The minimum atomic E-state index is -3.06. The molecule has 0 aliphatic heterocycles. The van der Waals surface area contributed by atoms with Gasteiger partial charge in [0.05, 0.1) is 28.9 Å². The van der Waals surface area contributed by atoms with Gasteiger partial charge in [0.1, 0.15) is 28.9 Å². The summed E-state index contributed by atoms with van der Waals surface area (Å²) in [5.74, 6) is -10.9. The maximum Gasteiger partial charge on any atom is 0.323 e. The third-order valence-corrected chi connectivity index (χ3v) is 9.94. The Hall–Kier alpha value is -5.73. The fourth-order valence-electron chi connectivity index (χ4n) is 7.68. The summed E-state index contributed by atoms with van der Waals surface area (Å²) >= 11 is 0. The molecule has 14 nitrogen and oxygen atoms in total. The number of rotatable bonds is 6. The second kappa shape index (κ2) is 12.3. The lowest BCUT2D eigenvalue weighted by molar-refractivity contribution is -0.185. The number of carbonyl (C=O) groups is 5. The number of carbonyl (C=O) groups excluding carboxylic acids is 5. The van der Waals surface area contributed by atoms with Crippen LogP contribution < -0.4 is 16.4 Å². The summed E-state index contributed by atoms with van der Waals surface area (Å²) in [6.07, 6.45) is -1.64. The van der Waals surface area contributed by atoms with Crippen molar-refractivity contribution in [2.75, 3.05) is 24.7 Å². The van der Waals surface area contributed by atoms with E-state index >= 15 is 0 Å². The summed E-state index contributed by atoms with van der Waals surface area (Å²) in [5.41, 5.74) is 1.24. The summed E-state index contributed by atoms with van der Waals surface area (Å²) < 4.78 is 5.84. The lowest BCUT2D eigenvalue weighted by Crippen LogP contribution is -2.71. The van der Waals surface area contributed by atoms with Gasteiger partial charge in [0.15, 0.2) is 11.4 Å².